The fourth-order valence-corrected chi connectivity index (χ4v) is 5.95. The molecule has 1 aliphatic carbocycles. The molecule has 7 heteroatoms. The largest absolute Gasteiger partial charge is 0.285 e. The van der Waals surface area contributed by atoms with Gasteiger partial charge in [-0.25, -0.2) is 0 Å². The van der Waals surface area contributed by atoms with Gasteiger partial charge in [0, 0.05) is 18.7 Å². The smallest absolute Gasteiger partial charge is 0.233 e. The molecule has 1 saturated carbocycles. The average Bonchev–Trinajstić information content (AvgIpc) is 3.18. The number of rotatable bonds is 5. The highest BCUT2D eigenvalue weighted by atomic mass is 32.2. The molecule has 160 valence electrons. The van der Waals surface area contributed by atoms with Crippen molar-refractivity contribution in [3.8, 4) is 0 Å². The Morgan fingerprint density at radius 2 is 1.73 bits per heavy atom. The van der Waals surface area contributed by atoms with Gasteiger partial charge < -0.3 is 0 Å². The Labute approximate surface area is 182 Å². The first-order valence-corrected chi connectivity index (χ1v) is 11.8. The first kappa shape index (κ1) is 21.1. The first-order valence-electron chi connectivity index (χ1n) is 10.8. The predicted molar refractivity (Wildman–Crippen MR) is 118 cm³/mol. The lowest BCUT2D eigenvalue weighted by Crippen LogP contribution is -2.47. The Hall–Kier alpha value is -2.15. The number of imide groups is 1. The van der Waals surface area contributed by atoms with Gasteiger partial charge in [-0.1, -0.05) is 54.9 Å². The summed E-state index contributed by atoms with van der Waals surface area (Å²) in [4.78, 5) is 46.3. The zero-order valence-electron chi connectivity index (χ0n) is 17.7. The summed E-state index contributed by atoms with van der Waals surface area (Å²) in [6.45, 7) is 4.76. The van der Waals surface area contributed by atoms with Crippen molar-refractivity contribution in [2.45, 2.75) is 58.0 Å². The maximum absolute atomic E-state index is 13.1. The number of amidine groups is 1. The van der Waals surface area contributed by atoms with Crippen LogP contribution in [0, 0.1) is 11.8 Å². The molecule has 0 spiro atoms. The zero-order chi connectivity index (χ0) is 21.3. The van der Waals surface area contributed by atoms with Crippen molar-refractivity contribution in [2.75, 3.05) is 12.3 Å². The Morgan fingerprint density at radius 1 is 1.10 bits per heavy atom. The first-order chi connectivity index (χ1) is 14.4. The molecule has 3 amide bonds. The van der Waals surface area contributed by atoms with Gasteiger partial charge in [0.2, 0.25) is 17.7 Å². The number of hydrogen-bond acceptors (Lipinski definition) is 5. The van der Waals surface area contributed by atoms with Gasteiger partial charge in [-0.05, 0) is 32.3 Å². The second kappa shape index (κ2) is 8.53. The van der Waals surface area contributed by atoms with Crippen LogP contribution in [0.5, 0.6) is 0 Å². The normalized spacial score (nSPS) is 27.1. The van der Waals surface area contributed by atoms with Crippen LogP contribution in [-0.4, -0.2) is 50.5 Å². The van der Waals surface area contributed by atoms with Crippen LogP contribution in [-0.2, 0) is 20.9 Å². The standard InChI is InChI=1S/C23H29N3O3S/c1-23(2)15-30-22(24-14-16-8-4-3-5-9-16)26(23)19(27)12-13-25-20(28)17-10-6-7-11-18(17)21(25)29/h3-5,8-9,17-18H,6-7,10-15H2,1-2H3/t17-,18-/m0/s1. The number of aliphatic imine (C=N–C) groups is 1. The van der Waals surface area contributed by atoms with Crippen LogP contribution in [0.25, 0.3) is 0 Å². The van der Waals surface area contributed by atoms with Gasteiger partial charge in [-0.2, -0.15) is 0 Å². The summed E-state index contributed by atoms with van der Waals surface area (Å²) in [7, 11) is 0. The lowest BCUT2D eigenvalue weighted by Gasteiger charge is -2.31. The van der Waals surface area contributed by atoms with Crippen molar-refractivity contribution in [3.63, 3.8) is 0 Å². The van der Waals surface area contributed by atoms with Crippen LogP contribution in [0.1, 0.15) is 51.5 Å². The number of thioether (sulfide) groups is 1. The summed E-state index contributed by atoms with van der Waals surface area (Å²) < 4.78 is 0. The summed E-state index contributed by atoms with van der Waals surface area (Å²) in [5.41, 5.74) is 0.753. The van der Waals surface area contributed by atoms with Crippen LogP contribution in [0.2, 0.25) is 0 Å². The van der Waals surface area contributed by atoms with Gasteiger partial charge in [0.15, 0.2) is 5.17 Å². The highest BCUT2D eigenvalue weighted by molar-refractivity contribution is 8.14. The van der Waals surface area contributed by atoms with Gasteiger partial charge in [-0.3, -0.25) is 29.2 Å². The van der Waals surface area contributed by atoms with E-state index in [2.05, 4.69) is 0 Å². The van der Waals surface area contributed by atoms with Gasteiger partial charge in [0.25, 0.3) is 0 Å². The van der Waals surface area contributed by atoms with Crippen molar-refractivity contribution in [1.29, 1.82) is 0 Å². The highest BCUT2D eigenvalue weighted by Gasteiger charge is 2.48. The maximum Gasteiger partial charge on any atom is 0.233 e. The second-order valence-electron chi connectivity index (χ2n) is 8.99. The molecule has 0 bridgehead atoms. The van der Waals surface area contributed by atoms with Gasteiger partial charge in [0.1, 0.15) is 0 Å². The van der Waals surface area contributed by atoms with Crippen LogP contribution in [0.3, 0.4) is 0 Å². The third kappa shape index (κ3) is 4.04. The van der Waals surface area contributed by atoms with Crippen LogP contribution in [0.15, 0.2) is 35.3 Å². The van der Waals surface area contributed by atoms with E-state index >= 15 is 0 Å². The number of carbonyl (C=O) groups excluding carboxylic acids is 3. The predicted octanol–water partition coefficient (Wildman–Crippen LogP) is 3.46. The highest BCUT2D eigenvalue weighted by Crippen LogP contribution is 2.38. The van der Waals surface area contributed by atoms with Gasteiger partial charge in [-0.15, -0.1) is 0 Å². The Kier molecular flexibility index (Phi) is 6.00. The van der Waals surface area contributed by atoms with Gasteiger partial charge in [0.05, 0.1) is 23.9 Å². The van der Waals surface area contributed by atoms with E-state index in [4.69, 9.17) is 4.99 Å². The molecule has 2 atom stereocenters. The molecule has 3 aliphatic rings. The molecule has 3 fully saturated rings. The second-order valence-corrected chi connectivity index (χ2v) is 9.93. The van der Waals surface area contributed by atoms with E-state index in [1.807, 2.05) is 44.2 Å². The molecule has 1 aromatic rings. The van der Waals surface area contributed by atoms with E-state index in [9.17, 15) is 14.4 Å². The molecule has 0 radical (unpaired) electrons. The lowest BCUT2D eigenvalue weighted by molar-refractivity contribution is -0.140. The third-order valence-electron chi connectivity index (χ3n) is 6.32. The number of amides is 3. The molecule has 2 saturated heterocycles. The molecule has 4 rings (SSSR count). The van der Waals surface area contributed by atoms with E-state index in [-0.39, 0.29) is 48.1 Å². The fraction of sp³-hybridized carbons (Fsp3) is 0.565. The molecule has 2 aliphatic heterocycles. The molecular weight excluding hydrogens is 398 g/mol. The number of fused-ring (bicyclic) bond motifs is 1. The fourth-order valence-electron chi connectivity index (χ4n) is 4.70. The van der Waals surface area contributed by atoms with E-state index in [1.54, 1.807) is 16.7 Å². The van der Waals surface area contributed by atoms with E-state index in [0.29, 0.717) is 6.54 Å². The number of benzene rings is 1. The average molecular weight is 428 g/mol. The van der Waals surface area contributed by atoms with E-state index < -0.39 is 0 Å². The van der Waals surface area contributed by atoms with Crippen molar-refractivity contribution in [1.82, 2.24) is 9.80 Å². The molecule has 0 unspecified atom stereocenters. The topological polar surface area (TPSA) is 70.1 Å². The summed E-state index contributed by atoms with van der Waals surface area (Å²) in [5.74, 6) is 0.215. The van der Waals surface area contributed by atoms with Crippen molar-refractivity contribution in [2.24, 2.45) is 16.8 Å². The molecule has 0 N–H and O–H groups in total. The molecule has 30 heavy (non-hydrogen) atoms. The third-order valence-corrected chi connectivity index (χ3v) is 7.74. The van der Waals surface area contributed by atoms with E-state index in [0.717, 1.165) is 42.2 Å². The minimum absolute atomic E-state index is 0.0766. The molecular formula is C23H29N3O3S. The monoisotopic (exact) mass is 427 g/mol. The number of likely N-dealkylation sites (tertiary alicyclic amines) is 1. The Bertz CT molecular complexity index is 844. The van der Waals surface area contributed by atoms with Crippen LogP contribution in [0.4, 0.5) is 0 Å². The Balaban J connectivity index is 1.43. The Morgan fingerprint density at radius 3 is 2.37 bits per heavy atom. The quantitative estimate of drug-likeness (QED) is 0.675. The molecule has 1 aromatic carbocycles. The van der Waals surface area contributed by atoms with E-state index in [1.165, 1.54) is 4.90 Å². The minimum atomic E-state index is -0.343. The van der Waals surface area contributed by atoms with Gasteiger partial charge >= 0.3 is 0 Å². The lowest BCUT2D eigenvalue weighted by atomic mass is 9.81. The maximum atomic E-state index is 13.1. The number of hydrogen-bond donors (Lipinski definition) is 0. The van der Waals surface area contributed by atoms with Crippen molar-refractivity contribution < 1.29 is 14.4 Å². The number of nitrogens with zero attached hydrogens (tertiary/aromatic N) is 3. The zero-order valence-corrected chi connectivity index (χ0v) is 18.5. The van der Waals surface area contributed by atoms with Crippen molar-refractivity contribution >= 4 is 34.7 Å². The van der Waals surface area contributed by atoms with Crippen LogP contribution >= 0.6 is 11.8 Å². The minimum Gasteiger partial charge on any atom is -0.285 e. The number of carbonyl (C=O) groups is 3. The molecule has 2 heterocycles. The SMILES string of the molecule is CC1(C)CSC(=NCc2ccccc2)N1C(=O)CCN1C(=O)[C@H]2CCCC[C@@H]2C1=O. The summed E-state index contributed by atoms with van der Waals surface area (Å²) in [6, 6.07) is 9.96. The molecule has 0 aromatic heterocycles. The summed E-state index contributed by atoms with van der Waals surface area (Å²) >= 11 is 1.59. The molecule has 6 nitrogen and oxygen atoms in total. The van der Waals surface area contributed by atoms with Crippen molar-refractivity contribution in [3.05, 3.63) is 35.9 Å². The summed E-state index contributed by atoms with van der Waals surface area (Å²) in [6.07, 6.45) is 3.75. The van der Waals surface area contributed by atoms with Crippen LogP contribution < -0.4 is 0 Å². The summed E-state index contributed by atoms with van der Waals surface area (Å²) in [5, 5.41) is 0.724.